The lowest BCUT2D eigenvalue weighted by molar-refractivity contribution is 0.0985. The average Bonchev–Trinajstić information content (AvgIpc) is 3.38. The summed E-state index contributed by atoms with van der Waals surface area (Å²) in [4.78, 5) is 20.5. The standard InChI is InChI=1S/C29H33N3O4S2/c1-5-18-31(19-6-2)38(34,35)24-15-13-23(14-16-24)28(33)32(20-22-10-8-7-9-11-22)29-30-26-25(36-4)17-12-21(3)27(26)37-29/h7-17H,5-6,18-20H2,1-4H3. The molecule has 0 saturated carbocycles. The van der Waals surface area contributed by atoms with Crippen molar-refractivity contribution >= 4 is 42.6 Å². The molecule has 7 nitrogen and oxygen atoms in total. The van der Waals surface area contributed by atoms with Gasteiger partial charge in [-0.25, -0.2) is 13.4 Å². The van der Waals surface area contributed by atoms with E-state index in [0.717, 1.165) is 28.7 Å². The van der Waals surface area contributed by atoms with Gasteiger partial charge >= 0.3 is 0 Å². The molecule has 1 aromatic heterocycles. The maximum absolute atomic E-state index is 13.9. The molecule has 0 N–H and O–H groups in total. The Morgan fingerprint density at radius 1 is 0.947 bits per heavy atom. The van der Waals surface area contributed by atoms with Crippen LogP contribution in [0, 0.1) is 6.92 Å². The van der Waals surface area contributed by atoms with Gasteiger partial charge in [0.25, 0.3) is 5.91 Å². The second-order valence-corrected chi connectivity index (χ2v) is 12.0. The summed E-state index contributed by atoms with van der Waals surface area (Å²) in [6.07, 6.45) is 1.47. The summed E-state index contributed by atoms with van der Waals surface area (Å²) in [5.74, 6) is 0.394. The fourth-order valence-corrected chi connectivity index (χ4v) is 6.97. The molecule has 38 heavy (non-hydrogen) atoms. The van der Waals surface area contributed by atoms with E-state index < -0.39 is 10.0 Å². The van der Waals surface area contributed by atoms with E-state index >= 15 is 0 Å². The number of thiazole rings is 1. The van der Waals surface area contributed by atoms with E-state index in [1.54, 1.807) is 24.1 Å². The molecule has 0 aliphatic heterocycles. The summed E-state index contributed by atoms with van der Waals surface area (Å²) < 4.78 is 34.4. The summed E-state index contributed by atoms with van der Waals surface area (Å²) >= 11 is 1.44. The lowest BCUT2D eigenvalue weighted by atomic mass is 10.1. The van der Waals surface area contributed by atoms with Crippen molar-refractivity contribution in [1.82, 2.24) is 9.29 Å². The van der Waals surface area contributed by atoms with Gasteiger partial charge in [-0.05, 0) is 61.2 Å². The van der Waals surface area contributed by atoms with Gasteiger partial charge in [-0.1, -0.05) is 61.6 Å². The smallest absolute Gasteiger partial charge is 0.260 e. The number of nitrogens with zero attached hydrogens (tertiary/aromatic N) is 3. The Hall–Kier alpha value is -3.27. The number of fused-ring (bicyclic) bond motifs is 1. The lowest BCUT2D eigenvalue weighted by Crippen LogP contribution is -2.33. The van der Waals surface area contributed by atoms with Gasteiger partial charge in [-0.2, -0.15) is 4.31 Å². The number of ether oxygens (including phenoxy) is 1. The number of carbonyl (C=O) groups excluding carboxylic acids is 1. The van der Waals surface area contributed by atoms with Gasteiger partial charge in [0.1, 0.15) is 11.3 Å². The third kappa shape index (κ3) is 5.75. The number of methoxy groups -OCH3 is 1. The quantitative estimate of drug-likeness (QED) is 0.219. The molecule has 0 aliphatic carbocycles. The maximum atomic E-state index is 13.9. The molecule has 3 aromatic carbocycles. The molecule has 0 unspecified atom stereocenters. The topological polar surface area (TPSA) is 79.8 Å². The van der Waals surface area contributed by atoms with Crippen LogP contribution < -0.4 is 9.64 Å². The first-order valence-electron chi connectivity index (χ1n) is 12.7. The summed E-state index contributed by atoms with van der Waals surface area (Å²) in [5.41, 5.74) is 3.11. The van der Waals surface area contributed by atoms with Crippen LogP contribution in [-0.4, -0.2) is 43.8 Å². The van der Waals surface area contributed by atoms with Crippen LogP contribution in [0.25, 0.3) is 10.2 Å². The van der Waals surface area contributed by atoms with Gasteiger partial charge in [0.2, 0.25) is 10.0 Å². The van der Waals surface area contributed by atoms with Crippen molar-refractivity contribution in [3.05, 3.63) is 83.4 Å². The zero-order valence-corrected chi connectivity index (χ0v) is 23.8. The first kappa shape index (κ1) is 27.8. The summed E-state index contributed by atoms with van der Waals surface area (Å²) in [5, 5.41) is 0.551. The number of benzene rings is 3. The van der Waals surface area contributed by atoms with E-state index in [0.29, 0.717) is 41.6 Å². The third-order valence-electron chi connectivity index (χ3n) is 6.26. The molecule has 1 amide bonds. The molecule has 4 rings (SSSR count). The first-order chi connectivity index (χ1) is 18.3. The Labute approximate surface area is 228 Å². The summed E-state index contributed by atoms with van der Waals surface area (Å²) in [6.45, 7) is 7.17. The Morgan fingerprint density at radius 2 is 1.61 bits per heavy atom. The molecular weight excluding hydrogens is 518 g/mol. The van der Waals surface area contributed by atoms with Crippen molar-refractivity contribution in [2.45, 2.75) is 45.1 Å². The lowest BCUT2D eigenvalue weighted by Gasteiger charge is -2.22. The molecule has 1 heterocycles. The molecule has 0 fully saturated rings. The van der Waals surface area contributed by atoms with Crippen LogP contribution in [0.4, 0.5) is 5.13 Å². The number of hydrogen-bond acceptors (Lipinski definition) is 6. The molecule has 0 bridgehead atoms. The fourth-order valence-electron chi connectivity index (χ4n) is 4.30. The zero-order chi connectivity index (χ0) is 27.3. The molecule has 0 atom stereocenters. The average molecular weight is 552 g/mol. The van der Waals surface area contributed by atoms with Crippen LogP contribution in [0.15, 0.2) is 71.6 Å². The van der Waals surface area contributed by atoms with Gasteiger partial charge in [-0.3, -0.25) is 9.69 Å². The minimum atomic E-state index is -3.63. The van der Waals surface area contributed by atoms with Crippen molar-refractivity contribution < 1.29 is 17.9 Å². The molecule has 0 spiro atoms. The number of carbonyl (C=O) groups is 1. The highest BCUT2D eigenvalue weighted by atomic mass is 32.2. The molecule has 200 valence electrons. The fraction of sp³-hybridized carbons (Fsp3) is 0.310. The van der Waals surface area contributed by atoms with Gasteiger partial charge in [0, 0.05) is 18.7 Å². The number of sulfonamides is 1. The highest BCUT2D eigenvalue weighted by Crippen LogP contribution is 2.37. The highest BCUT2D eigenvalue weighted by Gasteiger charge is 2.26. The number of rotatable bonds is 11. The summed E-state index contributed by atoms with van der Waals surface area (Å²) in [7, 11) is -2.03. The van der Waals surface area contributed by atoms with Gasteiger partial charge in [0.05, 0.1) is 23.2 Å². The number of aromatic nitrogens is 1. The minimum absolute atomic E-state index is 0.186. The number of amides is 1. The Morgan fingerprint density at radius 3 is 2.21 bits per heavy atom. The Balaban J connectivity index is 1.72. The van der Waals surface area contributed by atoms with E-state index in [2.05, 4.69) is 0 Å². The van der Waals surface area contributed by atoms with E-state index in [1.165, 1.54) is 27.8 Å². The SMILES string of the molecule is CCCN(CCC)S(=O)(=O)c1ccc(C(=O)N(Cc2ccccc2)c2nc3c(OC)ccc(C)c3s2)cc1. The van der Waals surface area contributed by atoms with Crippen molar-refractivity contribution in [3.8, 4) is 5.75 Å². The van der Waals surface area contributed by atoms with E-state index in [1.807, 2.05) is 63.2 Å². The van der Waals surface area contributed by atoms with Crippen LogP contribution in [0.3, 0.4) is 0 Å². The predicted molar refractivity (Wildman–Crippen MR) is 154 cm³/mol. The van der Waals surface area contributed by atoms with Crippen LogP contribution >= 0.6 is 11.3 Å². The van der Waals surface area contributed by atoms with Crippen LogP contribution in [0.1, 0.15) is 48.2 Å². The molecule has 0 radical (unpaired) electrons. The van der Waals surface area contributed by atoms with E-state index in [4.69, 9.17) is 9.72 Å². The number of hydrogen-bond donors (Lipinski definition) is 0. The Kier molecular flexibility index (Phi) is 8.81. The largest absolute Gasteiger partial charge is 0.494 e. The normalized spacial score (nSPS) is 11.7. The monoisotopic (exact) mass is 551 g/mol. The maximum Gasteiger partial charge on any atom is 0.260 e. The second-order valence-electron chi connectivity index (χ2n) is 9.06. The van der Waals surface area contributed by atoms with Crippen LogP contribution in [-0.2, 0) is 16.6 Å². The molecule has 4 aromatic rings. The van der Waals surface area contributed by atoms with E-state index in [9.17, 15) is 13.2 Å². The van der Waals surface area contributed by atoms with Crippen LogP contribution in [0.5, 0.6) is 5.75 Å². The highest BCUT2D eigenvalue weighted by molar-refractivity contribution is 7.89. The van der Waals surface area contributed by atoms with Crippen molar-refractivity contribution in [1.29, 1.82) is 0 Å². The van der Waals surface area contributed by atoms with Crippen molar-refractivity contribution in [2.24, 2.45) is 0 Å². The van der Waals surface area contributed by atoms with E-state index in [-0.39, 0.29) is 10.8 Å². The van der Waals surface area contributed by atoms with Gasteiger partial charge in [0.15, 0.2) is 5.13 Å². The second kappa shape index (κ2) is 12.1. The third-order valence-corrected chi connectivity index (χ3v) is 9.38. The molecule has 0 aliphatic rings. The van der Waals surface area contributed by atoms with Crippen molar-refractivity contribution in [2.75, 3.05) is 25.1 Å². The first-order valence-corrected chi connectivity index (χ1v) is 15.0. The molecular formula is C29H33N3O4S2. The minimum Gasteiger partial charge on any atom is -0.494 e. The Bertz CT molecular complexity index is 1490. The van der Waals surface area contributed by atoms with Gasteiger partial charge in [-0.15, -0.1) is 0 Å². The van der Waals surface area contributed by atoms with Crippen molar-refractivity contribution in [3.63, 3.8) is 0 Å². The predicted octanol–water partition coefficient (Wildman–Crippen LogP) is 6.27. The molecule has 9 heteroatoms. The van der Waals surface area contributed by atoms with Crippen LogP contribution in [0.2, 0.25) is 0 Å². The molecule has 0 saturated heterocycles. The van der Waals surface area contributed by atoms with Gasteiger partial charge < -0.3 is 4.74 Å². The number of aryl methyl sites for hydroxylation is 1. The zero-order valence-electron chi connectivity index (χ0n) is 22.2. The number of anilines is 1. The summed E-state index contributed by atoms with van der Waals surface area (Å²) in [6, 6.07) is 19.8.